The van der Waals surface area contributed by atoms with Crippen molar-refractivity contribution in [1.29, 1.82) is 0 Å². The maximum absolute atomic E-state index is 10.5. The lowest BCUT2D eigenvalue weighted by atomic mass is 9.89. The third-order valence-corrected chi connectivity index (χ3v) is 1.38. The predicted octanol–water partition coefficient (Wildman–Crippen LogP) is 0.358. The molecule has 0 saturated carbocycles. The Morgan fingerprint density at radius 1 is 1.62 bits per heavy atom. The number of carbonyl (C=O) groups is 1. The van der Waals surface area contributed by atoms with Crippen LogP contribution in [0.3, 0.4) is 0 Å². The minimum Gasteiger partial charge on any atom is -0.395 e. The molecule has 2 nitrogen and oxygen atoms in total. The third-order valence-electron chi connectivity index (χ3n) is 1.38. The van der Waals surface area contributed by atoms with E-state index in [0.29, 0.717) is 11.3 Å². The monoisotopic (exact) mass is 109 g/mol. The summed E-state index contributed by atoms with van der Waals surface area (Å²) in [5.74, 6) is -0.0949. The van der Waals surface area contributed by atoms with Crippen molar-refractivity contribution in [3.63, 3.8) is 0 Å². The molecule has 0 aromatic rings. The van der Waals surface area contributed by atoms with E-state index in [2.05, 4.69) is 6.58 Å². The van der Waals surface area contributed by atoms with Crippen LogP contribution in [0.25, 0.3) is 0 Å². The lowest BCUT2D eigenvalue weighted by molar-refractivity contribution is -0.113. The summed E-state index contributed by atoms with van der Waals surface area (Å²) in [6.07, 6.45) is 0. The van der Waals surface area contributed by atoms with Gasteiger partial charge in [-0.2, -0.15) is 0 Å². The quantitative estimate of drug-likeness (QED) is 0.456. The van der Waals surface area contributed by atoms with Crippen LogP contribution < -0.4 is 5.73 Å². The molecule has 1 rings (SSSR count). The van der Waals surface area contributed by atoms with Gasteiger partial charge in [0.25, 0.3) is 0 Å². The highest BCUT2D eigenvalue weighted by atomic mass is 16.1. The van der Waals surface area contributed by atoms with E-state index in [9.17, 15) is 4.79 Å². The first-order valence-corrected chi connectivity index (χ1v) is 2.35. The lowest BCUT2D eigenvalue weighted by Crippen LogP contribution is -2.25. The Bertz CT molecular complexity index is 179. The number of ketones is 1. The molecule has 0 aliphatic heterocycles. The van der Waals surface area contributed by atoms with Gasteiger partial charge in [-0.05, 0) is 12.5 Å². The maximum atomic E-state index is 10.5. The van der Waals surface area contributed by atoms with E-state index >= 15 is 0 Å². The zero-order chi connectivity index (χ0) is 6.31. The molecule has 8 heavy (non-hydrogen) atoms. The summed E-state index contributed by atoms with van der Waals surface area (Å²) in [5, 5.41) is 0. The van der Waals surface area contributed by atoms with E-state index in [0.717, 1.165) is 5.57 Å². The van der Waals surface area contributed by atoms with E-state index in [1.54, 1.807) is 6.92 Å². The molecule has 0 heterocycles. The summed E-state index contributed by atoms with van der Waals surface area (Å²) >= 11 is 0. The number of hydrogen-bond donors (Lipinski definition) is 1. The number of Topliss-reactive ketones (excluding diaryl/α,β-unsaturated/α-hetero) is 1. The van der Waals surface area contributed by atoms with Crippen molar-refractivity contribution in [2.75, 3.05) is 0 Å². The molecule has 0 amide bonds. The van der Waals surface area contributed by atoms with Crippen LogP contribution in [0.4, 0.5) is 0 Å². The molecule has 2 heteroatoms. The summed E-state index contributed by atoms with van der Waals surface area (Å²) in [5.41, 5.74) is 7.00. The van der Waals surface area contributed by atoms with Crippen LogP contribution in [-0.4, -0.2) is 5.78 Å². The second-order valence-corrected chi connectivity index (χ2v) is 1.85. The smallest absolute Gasteiger partial charge is 0.208 e. The first-order chi connectivity index (χ1) is 3.64. The maximum Gasteiger partial charge on any atom is 0.208 e. The first kappa shape index (κ1) is 5.09. The topological polar surface area (TPSA) is 43.1 Å². The van der Waals surface area contributed by atoms with Crippen molar-refractivity contribution >= 4 is 5.78 Å². The first-order valence-electron chi connectivity index (χ1n) is 2.35. The van der Waals surface area contributed by atoms with Crippen LogP contribution in [0.2, 0.25) is 0 Å². The molecule has 0 saturated heterocycles. The van der Waals surface area contributed by atoms with E-state index in [4.69, 9.17) is 5.73 Å². The normalized spacial score (nSPS) is 19.1. The van der Waals surface area contributed by atoms with Gasteiger partial charge in [0.15, 0.2) is 0 Å². The van der Waals surface area contributed by atoms with E-state index < -0.39 is 0 Å². The summed E-state index contributed by atoms with van der Waals surface area (Å²) in [6, 6.07) is 0. The number of rotatable bonds is 0. The molecule has 1 aliphatic carbocycles. The van der Waals surface area contributed by atoms with Crippen LogP contribution in [0.1, 0.15) is 6.92 Å². The highest BCUT2D eigenvalue weighted by Crippen LogP contribution is 2.23. The van der Waals surface area contributed by atoms with Gasteiger partial charge in [-0.25, -0.2) is 0 Å². The van der Waals surface area contributed by atoms with Crippen molar-refractivity contribution in [2.24, 2.45) is 5.73 Å². The molecule has 0 aromatic carbocycles. The highest BCUT2D eigenvalue weighted by Gasteiger charge is 2.24. The van der Waals surface area contributed by atoms with Gasteiger partial charge < -0.3 is 5.73 Å². The Morgan fingerprint density at radius 2 is 2.12 bits per heavy atom. The highest BCUT2D eigenvalue weighted by molar-refractivity contribution is 6.18. The lowest BCUT2D eigenvalue weighted by Gasteiger charge is -2.16. The molecular formula is C6H7NO. The predicted molar refractivity (Wildman–Crippen MR) is 31.0 cm³/mol. The van der Waals surface area contributed by atoms with Crippen molar-refractivity contribution in [2.45, 2.75) is 6.92 Å². The minimum absolute atomic E-state index is 0.0949. The van der Waals surface area contributed by atoms with Gasteiger partial charge in [-0.15, -0.1) is 0 Å². The van der Waals surface area contributed by atoms with E-state index in [1.807, 2.05) is 0 Å². The standard InChI is InChI=1S/C6H7NO/c1-3-4(2)6(8)5(3)7/h2,7H2,1H3. The van der Waals surface area contributed by atoms with Crippen molar-refractivity contribution in [3.05, 3.63) is 23.4 Å². The molecule has 1 aliphatic rings. The number of carbonyl (C=O) groups excluding carboxylic acids is 1. The van der Waals surface area contributed by atoms with Crippen LogP contribution in [0, 0.1) is 0 Å². The Kier molecular flexibility index (Phi) is 0.774. The van der Waals surface area contributed by atoms with Gasteiger partial charge in [0.1, 0.15) is 0 Å². The second-order valence-electron chi connectivity index (χ2n) is 1.85. The van der Waals surface area contributed by atoms with E-state index in [1.165, 1.54) is 0 Å². The van der Waals surface area contributed by atoms with Crippen LogP contribution >= 0.6 is 0 Å². The Morgan fingerprint density at radius 3 is 2.25 bits per heavy atom. The van der Waals surface area contributed by atoms with Crippen molar-refractivity contribution < 1.29 is 4.79 Å². The third kappa shape index (κ3) is 0.346. The summed E-state index contributed by atoms with van der Waals surface area (Å²) in [7, 11) is 0. The molecular weight excluding hydrogens is 102 g/mol. The molecule has 42 valence electrons. The molecule has 0 fully saturated rings. The second kappa shape index (κ2) is 1.22. The van der Waals surface area contributed by atoms with Gasteiger partial charge in [0, 0.05) is 5.57 Å². The van der Waals surface area contributed by atoms with Gasteiger partial charge in [0.05, 0.1) is 5.70 Å². The molecule has 0 radical (unpaired) electrons. The summed E-state index contributed by atoms with van der Waals surface area (Å²) in [6.45, 7) is 5.28. The average Bonchev–Trinajstić information content (AvgIpc) is 1.83. The molecule has 0 aromatic heterocycles. The number of allylic oxidation sites excluding steroid dienone is 2. The molecule has 2 N–H and O–H groups in total. The fourth-order valence-corrected chi connectivity index (χ4v) is 0.603. The largest absolute Gasteiger partial charge is 0.395 e. The molecule has 0 unspecified atom stereocenters. The number of hydrogen-bond acceptors (Lipinski definition) is 2. The zero-order valence-corrected chi connectivity index (χ0v) is 4.69. The Labute approximate surface area is 47.7 Å². The fraction of sp³-hybridized carbons (Fsp3) is 0.167. The van der Waals surface area contributed by atoms with Gasteiger partial charge >= 0.3 is 0 Å². The van der Waals surface area contributed by atoms with Crippen LogP contribution in [0.15, 0.2) is 23.4 Å². The minimum atomic E-state index is -0.0949. The average molecular weight is 109 g/mol. The van der Waals surface area contributed by atoms with Gasteiger partial charge in [-0.3, -0.25) is 4.79 Å². The van der Waals surface area contributed by atoms with Gasteiger partial charge in [-0.1, -0.05) is 6.58 Å². The SMILES string of the molecule is C=C1C(=O)C(N)=C1C. The summed E-state index contributed by atoms with van der Waals surface area (Å²) < 4.78 is 0. The van der Waals surface area contributed by atoms with Crippen molar-refractivity contribution in [3.8, 4) is 0 Å². The van der Waals surface area contributed by atoms with Gasteiger partial charge in [0.2, 0.25) is 5.78 Å². The van der Waals surface area contributed by atoms with E-state index in [-0.39, 0.29) is 5.78 Å². The molecule has 0 bridgehead atoms. The number of nitrogens with two attached hydrogens (primary N) is 1. The van der Waals surface area contributed by atoms with Crippen molar-refractivity contribution in [1.82, 2.24) is 0 Å². The van der Waals surface area contributed by atoms with Crippen LogP contribution in [-0.2, 0) is 4.79 Å². The molecule has 0 atom stereocenters. The Hall–Kier alpha value is -1.05. The van der Waals surface area contributed by atoms with Crippen LogP contribution in [0.5, 0.6) is 0 Å². The fourth-order valence-electron chi connectivity index (χ4n) is 0.603. The Balaban J connectivity index is 3.08. The summed E-state index contributed by atoms with van der Waals surface area (Å²) in [4.78, 5) is 10.5. The molecule has 0 spiro atoms. The zero-order valence-electron chi connectivity index (χ0n) is 4.69.